The SMILES string of the molecule is CC(C)Cc1cc(C2(c3cc(CC(C)C)c(O)c(CC(C)C)c3)CCCCCC2)cc(CC(C)C)c1O. The number of hydrogen-bond acceptors (Lipinski definition) is 2. The molecule has 2 N–H and O–H groups in total. The van der Waals surface area contributed by atoms with Crippen LogP contribution in [-0.2, 0) is 31.1 Å². The van der Waals surface area contributed by atoms with Gasteiger partial charge in [0.05, 0.1) is 0 Å². The zero-order chi connectivity index (χ0) is 27.3. The predicted octanol–water partition coefficient (Wildman–Crippen LogP) is 9.53. The van der Waals surface area contributed by atoms with Gasteiger partial charge in [-0.15, -0.1) is 0 Å². The number of phenols is 2. The topological polar surface area (TPSA) is 40.5 Å². The maximum absolute atomic E-state index is 11.3. The summed E-state index contributed by atoms with van der Waals surface area (Å²) in [6.45, 7) is 17.9. The van der Waals surface area contributed by atoms with Crippen LogP contribution in [0.5, 0.6) is 11.5 Å². The van der Waals surface area contributed by atoms with E-state index >= 15 is 0 Å². The molecular formula is C35H54O2. The van der Waals surface area contributed by atoms with Crippen molar-refractivity contribution in [2.24, 2.45) is 23.7 Å². The Kier molecular flexibility index (Phi) is 10.2. The Morgan fingerprint density at radius 3 is 1.03 bits per heavy atom. The van der Waals surface area contributed by atoms with Crippen molar-refractivity contribution in [1.29, 1.82) is 0 Å². The molecule has 0 unspecified atom stereocenters. The van der Waals surface area contributed by atoms with E-state index in [1.165, 1.54) is 36.8 Å². The molecule has 1 aliphatic rings. The van der Waals surface area contributed by atoms with E-state index in [9.17, 15) is 10.2 Å². The van der Waals surface area contributed by atoms with Crippen molar-refractivity contribution >= 4 is 0 Å². The van der Waals surface area contributed by atoms with Crippen molar-refractivity contribution in [2.75, 3.05) is 0 Å². The Morgan fingerprint density at radius 2 is 0.784 bits per heavy atom. The Hall–Kier alpha value is -1.96. The summed E-state index contributed by atoms with van der Waals surface area (Å²) in [5.74, 6) is 2.98. The molecule has 3 rings (SSSR count). The monoisotopic (exact) mass is 506 g/mol. The maximum Gasteiger partial charge on any atom is 0.121 e. The van der Waals surface area contributed by atoms with Gasteiger partial charge < -0.3 is 10.2 Å². The second-order valence-electron chi connectivity index (χ2n) is 13.7. The van der Waals surface area contributed by atoms with Gasteiger partial charge in [0.2, 0.25) is 0 Å². The molecule has 0 amide bonds. The fourth-order valence-electron chi connectivity index (χ4n) is 6.53. The number of phenolic OH excluding ortho intramolecular Hbond substituents is 2. The Bertz CT molecular complexity index is 882. The van der Waals surface area contributed by atoms with Gasteiger partial charge in [0.15, 0.2) is 0 Å². The van der Waals surface area contributed by atoms with Crippen LogP contribution in [-0.4, -0.2) is 10.2 Å². The lowest BCUT2D eigenvalue weighted by atomic mass is 9.67. The Balaban J connectivity index is 2.31. The highest BCUT2D eigenvalue weighted by Crippen LogP contribution is 2.48. The Labute approximate surface area is 227 Å². The first-order chi connectivity index (χ1) is 17.4. The molecule has 0 aromatic heterocycles. The fourth-order valence-corrected chi connectivity index (χ4v) is 6.53. The van der Waals surface area contributed by atoms with E-state index in [0.717, 1.165) is 60.8 Å². The minimum Gasteiger partial charge on any atom is -0.507 e. The third kappa shape index (κ3) is 7.33. The first-order valence-corrected chi connectivity index (χ1v) is 15.1. The average Bonchev–Trinajstić information content (AvgIpc) is 3.05. The summed E-state index contributed by atoms with van der Waals surface area (Å²) in [5.41, 5.74) is 7.12. The lowest BCUT2D eigenvalue weighted by Gasteiger charge is -2.37. The van der Waals surface area contributed by atoms with E-state index in [1.807, 2.05) is 0 Å². The summed E-state index contributed by atoms with van der Waals surface area (Å²) < 4.78 is 0. The first kappa shape index (κ1) is 29.6. The molecule has 0 heterocycles. The van der Waals surface area contributed by atoms with Crippen LogP contribution >= 0.6 is 0 Å². The molecule has 0 atom stereocenters. The highest BCUT2D eigenvalue weighted by atomic mass is 16.3. The summed E-state index contributed by atoms with van der Waals surface area (Å²) in [6.07, 6.45) is 10.9. The molecule has 0 aliphatic heterocycles. The summed E-state index contributed by atoms with van der Waals surface area (Å²) in [7, 11) is 0. The second kappa shape index (κ2) is 12.7. The second-order valence-corrected chi connectivity index (χ2v) is 13.7. The van der Waals surface area contributed by atoms with E-state index in [4.69, 9.17) is 0 Å². The minimum absolute atomic E-state index is 0.0766. The number of benzene rings is 2. The molecule has 1 saturated carbocycles. The van der Waals surface area contributed by atoms with Crippen molar-refractivity contribution in [3.63, 3.8) is 0 Å². The highest BCUT2D eigenvalue weighted by molar-refractivity contribution is 5.53. The normalized spacial score (nSPS) is 16.2. The standard InChI is InChI=1S/C35H54O2/c1-23(2)15-27-19-31(20-28(33(27)36)16-24(3)4)35(13-11-9-10-12-14-35)32-21-29(17-25(5)6)34(37)30(22-32)18-26(7)8/h19-26,36-37H,9-18H2,1-8H3. The van der Waals surface area contributed by atoms with Crippen LogP contribution in [0.2, 0.25) is 0 Å². The van der Waals surface area contributed by atoms with E-state index in [-0.39, 0.29) is 5.41 Å². The number of rotatable bonds is 10. The molecule has 0 bridgehead atoms. The van der Waals surface area contributed by atoms with Crippen molar-refractivity contribution in [3.05, 3.63) is 57.6 Å². The van der Waals surface area contributed by atoms with Crippen LogP contribution in [0.3, 0.4) is 0 Å². The molecule has 0 saturated heterocycles. The number of aromatic hydroxyl groups is 2. The Morgan fingerprint density at radius 1 is 0.514 bits per heavy atom. The molecule has 2 nitrogen and oxygen atoms in total. The third-order valence-corrected chi connectivity index (χ3v) is 8.11. The first-order valence-electron chi connectivity index (χ1n) is 15.1. The van der Waals surface area contributed by atoms with E-state index < -0.39 is 0 Å². The summed E-state index contributed by atoms with van der Waals surface area (Å²) in [6, 6.07) is 9.40. The molecule has 0 spiro atoms. The quantitative estimate of drug-likeness (QED) is 0.315. The van der Waals surface area contributed by atoms with Crippen molar-refractivity contribution in [3.8, 4) is 11.5 Å². The largest absolute Gasteiger partial charge is 0.507 e. The summed E-state index contributed by atoms with van der Waals surface area (Å²) in [4.78, 5) is 0. The van der Waals surface area contributed by atoms with Crippen LogP contribution in [0.25, 0.3) is 0 Å². The van der Waals surface area contributed by atoms with Gasteiger partial charge in [0.1, 0.15) is 11.5 Å². The summed E-state index contributed by atoms with van der Waals surface area (Å²) in [5, 5.41) is 22.6. The molecule has 2 heteroatoms. The predicted molar refractivity (Wildman–Crippen MR) is 159 cm³/mol. The van der Waals surface area contributed by atoms with Gasteiger partial charge in [0.25, 0.3) is 0 Å². The molecule has 0 radical (unpaired) electrons. The van der Waals surface area contributed by atoms with Gasteiger partial charge in [-0.3, -0.25) is 0 Å². The maximum atomic E-state index is 11.3. The smallest absolute Gasteiger partial charge is 0.121 e. The van der Waals surface area contributed by atoms with Gasteiger partial charge in [-0.2, -0.15) is 0 Å². The summed E-state index contributed by atoms with van der Waals surface area (Å²) >= 11 is 0. The van der Waals surface area contributed by atoms with Crippen LogP contribution in [0.4, 0.5) is 0 Å². The molecule has 1 fully saturated rings. The third-order valence-electron chi connectivity index (χ3n) is 8.11. The van der Waals surface area contributed by atoms with Gasteiger partial charge >= 0.3 is 0 Å². The highest BCUT2D eigenvalue weighted by Gasteiger charge is 2.37. The molecule has 1 aliphatic carbocycles. The molecule has 37 heavy (non-hydrogen) atoms. The average molecular weight is 507 g/mol. The van der Waals surface area contributed by atoms with Crippen LogP contribution in [0.15, 0.2) is 24.3 Å². The molecule has 2 aromatic carbocycles. The minimum atomic E-state index is -0.0766. The molecular weight excluding hydrogens is 452 g/mol. The van der Waals surface area contributed by atoms with Crippen molar-refractivity contribution in [2.45, 2.75) is 125 Å². The zero-order valence-electron chi connectivity index (χ0n) is 25.1. The van der Waals surface area contributed by atoms with E-state index in [1.54, 1.807) is 0 Å². The molecule has 206 valence electrons. The van der Waals surface area contributed by atoms with Crippen LogP contribution in [0, 0.1) is 23.7 Å². The lowest BCUT2D eigenvalue weighted by Crippen LogP contribution is -2.28. The van der Waals surface area contributed by atoms with Crippen molar-refractivity contribution < 1.29 is 10.2 Å². The lowest BCUT2D eigenvalue weighted by molar-refractivity contribution is 0.426. The van der Waals surface area contributed by atoms with E-state index in [0.29, 0.717) is 35.2 Å². The van der Waals surface area contributed by atoms with Gasteiger partial charge in [-0.25, -0.2) is 0 Å². The van der Waals surface area contributed by atoms with Gasteiger partial charge in [-0.05, 0) is 95.6 Å². The van der Waals surface area contributed by atoms with Crippen LogP contribution in [0.1, 0.15) is 127 Å². The van der Waals surface area contributed by atoms with Gasteiger partial charge in [0, 0.05) is 5.41 Å². The molecule has 2 aromatic rings. The van der Waals surface area contributed by atoms with Gasteiger partial charge in [-0.1, -0.05) is 105 Å². The van der Waals surface area contributed by atoms with E-state index in [2.05, 4.69) is 79.7 Å². The fraction of sp³-hybridized carbons (Fsp3) is 0.657. The van der Waals surface area contributed by atoms with Crippen LogP contribution < -0.4 is 0 Å². The van der Waals surface area contributed by atoms with Crippen molar-refractivity contribution in [1.82, 2.24) is 0 Å². The zero-order valence-corrected chi connectivity index (χ0v) is 25.1. The number of hydrogen-bond donors (Lipinski definition) is 2.